The predicted molar refractivity (Wildman–Crippen MR) is 124 cm³/mol. The molecule has 4 aromatic rings. The van der Waals surface area contributed by atoms with Gasteiger partial charge >= 0.3 is 0 Å². The van der Waals surface area contributed by atoms with Crippen molar-refractivity contribution in [3.8, 4) is 5.75 Å². The molecule has 32 heavy (non-hydrogen) atoms. The minimum absolute atomic E-state index is 0.0789. The molecule has 2 aromatic heterocycles. The molecule has 4 rings (SSSR count). The number of para-hydroxylation sites is 2. The lowest BCUT2D eigenvalue weighted by molar-refractivity contribution is 0.0952. The summed E-state index contributed by atoms with van der Waals surface area (Å²) in [4.78, 5) is 32.1. The van der Waals surface area contributed by atoms with Gasteiger partial charge in [0, 0.05) is 18.9 Å². The van der Waals surface area contributed by atoms with E-state index in [-0.39, 0.29) is 22.4 Å². The van der Waals surface area contributed by atoms with Crippen molar-refractivity contribution < 1.29 is 9.90 Å². The van der Waals surface area contributed by atoms with Crippen LogP contribution in [0.1, 0.15) is 21.5 Å². The topological polar surface area (TPSA) is 99.3 Å². The number of aryl methyl sites for hydroxylation is 1. The van der Waals surface area contributed by atoms with E-state index in [4.69, 9.17) is 0 Å². The van der Waals surface area contributed by atoms with Crippen molar-refractivity contribution in [3.05, 3.63) is 100.0 Å². The van der Waals surface area contributed by atoms with E-state index in [1.807, 2.05) is 43.3 Å². The second-order valence-electron chi connectivity index (χ2n) is 7.20. The molecule has 8 heteroatoms. The Bertz CT molecular complexity index is 1380. The molecule has 0 fully saturated rings. The highest BCUT2D eigenvalue weighted by atomic mass is 16.3. The van der Waals surface area contributed by atoms with Crippen LogP contribution in [-0.2, 0) is 0 Å². The Morgan fingerprint density at radius 3 is 2.56 bits per heavy atom. The summed E-state index contributed by atoms with van der Waals surface area (Å²) in [7, 11) is 1.81. The van der Waals surface area contributed by atoms with Gasteiger partial charge in [0.15, 0.2) is 0 Å². The quantitative estimate of drug-likeness (QED) is 0.376. The molecule has 0 saturated heterocycles. The number of carbonyl (C=O) groups is 1. The number of aromatic nitrogens is 2. The van der Waals surface area contributed by atoms with E-state index in [1.54, 1.807) is 36.3 Å². The minimum Gasteiger partial charge on any atom is -0.507 e. The van der Waals surface area contributed by atoms with E-state index in [2.05, 4.69) is 15.5 Å². The third-order valence-electron chi connectivity index (χ3n) is 4.96. The van der Waals surface area contributed by atoms with E-state index in [9.17, 15) is 14.7 Å². The number of pyridine rings is 1. The number of phenolic OH excluding ortho intramolecular Hbond substituents is 1. The Kier molecular flexibility index (Phi) is 5.67. The zero-order chi connectivity index (χ0) is 22.7. The lowest BCUT2D eigenvalue weighted by atomic mass is 10.2. The molecule has 0 radical (unpaired) electrons. The van der Waals surface area contributed by atoms with Gasteiger partial charge in [-0.3, -0.25) is 14.0 Å². The average Bonchev–Trinajstić information content (AvgIpc) is 2.81. The molecule has 2 N–H and O–H groups in total. The molecule has 2 aromatic carbocycles. The Morgan fingerprint density at radius 2 is 1.81 bits per heavy atom. The smallest absolute Gasteiger partial charge is 0.275 e. The number of hydrogen-bond donors (Lipinski definition) is 2. The summed E-state index contributed by atoms with van der Waals surface area (Å²) >= 11 is 0. The van der Waals surface area contributed by atoms with Gasteiger partial charge in [0.2, 0.25) is 0 Å². The fourth-order valence-electron chi connectivity index (χ4n) is 3.27. The summed E-state index contributed by atoms with van der Waals surface area (Å²) in [6, 6.07) is 19.3. The summed E-state index contributed by atoms with van der Waals surface area (Å²) in [6.07, 6.45) is 2.98. The number of benzene rings is 2. The number of fused-ring (bicyclic) bond motifs is 1. The van der Waals surface area contributed by atoms with Crippen LogP contribution >= 0.6 is 0 Å². The van der Waals surface area contributed by atoms with Crippen molar-refractivity contribution in [2.75, 3.05) is 11.9 Å². The van der Waals surface area contributed by atoms with Crippen molar-refractivity contribution in [2.45, 2.75) is 6.92 Å². The second kappa shape index (κ2) is 8.73. The first-order chi connectivity index (χ1) is 15.5. The molecule has 2 heterocycles. The molecule has 160 valence electrons. The maximum absolute atomic E-state index is 13.3. The predicted octanol–water partition coefficient (Wildman–Crippen LogP) is 3.24. The zero-order valence-electron chi connectivity index (χ0n) is 17.6. The average molecular weight is 427 g/mol. The van der Waals surface area contributed by atoms with Crippen molar-refractivity contribution in [2.24, 2.45) is 5.10 Å². The van der Waals surface area contributed by atoms with Crippen LogP contribution in [0.4, 0.5) is 11.5 Å². The lowest BCUT2D eigenvalue weighted by Gasteiger charge is -2.20. The number of phenols is 1. The molecule has 0 spiro atoms. The SMILES string of the molecule is Cc1ccc2nc(N(C)c3ccccc3)c(/C=N\NC(=O)c3ccccc3O)c(=O)n2c1. The highest BCUT2D eigenvalue weighted by molar-refractivity contribution is 5.97. The number of hydrazone groups is 1. The van der Waals surface area contributed by atoms with Crippen molar-refractivity contribution in [1.82, 2.24) is 14.8 Å². The van der Waals surface area contributed by atoms with Crippen LogP contribution in [0.5, 0.6) is 5.75 Å². The molecule has 0 atom stereocenters. The number of nitrogens with zero attached hydrogens (tertiary/aromatic N) is 4. The largest absolute Gasteiger partial charge is 0.507 e. The van der Waals surface area contributed by atoms with Crippen LogP contribution < -0.4 is 15.9 Å². The van der Waals surface area contributed by atoms with Gasteiger partial charge in [-0.15, -0.1) is 0 Å². The van der Waals surface area contributed by atoms with Gasteiger partial charge in [-0.25, -0.2) is 10.4 Å². The van der Waals surface area contributed by atoms with Crippen LogP contribution in [0.15, 0.2) is 82.8 Å². The lowest BCUT2D eigenvalue weighted by Crippen LogP contribution is -2.26. The van der Waals surface area contributed by atoms with Gasteiger partial charge in [-0.05, 0) is 42.8 Å². The zero-order valence-corrected chi connectivity index (χ0v) is 17.6. The van der Waals surface area contributed by atoms with Gasteiger partial charge in [0.05, 0.1) is 11.8 Å². The van der Waals surface area contributed by atoms with E-state index in [0.29, 0.717) is 11.5 Å². The summed E-state index contributed by atoms with van der Waals surface area (Å²) in [5.74, 6) is -0.361. The van der Waals surface area contributed by atoms with Gasteiger partial charge < -0.3 is 10.0 Å². The number of carbonyl (C=O) groups excluding carboxylic acids is 1. The van der Waals surface area contributed by atoms with Gasteiger partial charge in [-0.2, -0.15) is 5.10 Å². The first-order valence-corrected chi connectivity index (χ1v) is 9.89. The third kappa shape index (κ3) is 4.06. The molecular formula is C24H21N5O3. The fourth-order valence-corrected chi connectivity index (χ4v) is 3.27. The first-order valence-electron chi connectivity index (χ1n) is 9.89. The molecule has 1 amide bonds. The number of hydrogen-bond acceptors (Lipinski definition) is 6. The molecular weight excluding hydrogens is 406 g/mol. The standard InChI is InChI=1S/C24H21N5O3/c1-16-12-13-21-26-22(28(2)17-8-4-3-5-9-17)19(24(32)29(21)15-16)14-25-27-23(31)18-10-6-7-11-20(18)30/h3-15,30H,1-2H3,(H,27,31)/b25-14-. The maximum atomic E-state index is 13.3. The fraction of sp³-hybridized carbons (Fsp3) is 0.0833. The Hall–Kier alpha value is -4.46. The Balaban J connectivity index is 1.77. The minimum atomic E-state index is -0.595. The van der Waals surface area contributed by atoms with Crippen molar-refractivity contribution in [3.63, 3.8) is 0 Å². The van der Waals surface area contributed by atoms with E-state index in [1.165, 1.54) is 22.7 Å². The van der Waals surface area contributed by atoms with Crippen LogP contribution in [0.2, 0.25) is 0 Å². The molecule has 0 unspecified atom stereocenters. The summed E-state index contributed by atoms with van der Waals surface area (Å²) in [6.45, 7) is 1.89. The molecule has 0 aliphatic rings. The second-order valence-corrected chi connectivity index (χ2v) is 7.20. The third-order valence-corrected chi connectivity index (χ3v) is 4.96. The molecule has 0 aliphatic carbocycles. The van der Waals surface area contributed by atoms with Crippen molar-refractivity contribution >= 4 is 29.3 Å². The van der Waals surface area contributed by atoms with Crippen LogP contribution in [0, 0.1) is 6.92 Å². The summed E-state index contributed by atoms with van der Waals surface area (Å²) < 4.78 is 1.45. The Labute approximate surface area is 184 Å². The number of nitrogens with one attached hydrogen (secondary N) is 1. The first kappa shape index (κ1) is 20.8. The van der Waals surface area contributed by atoms with Gasteiger partial charge in [0.25, 0.3) is 11.5 Å². The van der Waals surface area contributed by atoms with Gasteiger partial charge in [-0.1, -0.05) is 36.4 Å². The monoisotopic (exact) mass is 427 g/mol. The number of rotatable bonds is 5. The van der Waals surface area contributed by atoms with Crippen molar-refractivity contribution in [1.29, 1.82) is 0 Å². The number of amides is 1. The molecule has 0 aliphatic heterocycles. The van der Waals surface area contributed by atoms with E-state index in [0.717, 1.165) is 11.3 Å². The summed E-state index contributed by atoms with van der Waals surface area (Å²) in [5, 5.41) is 13.8. The normalized spacial score (nSPS) is 11.1. The molecule has 8 nitrogen and oxygen atoms in total. The number of anilines is 2. The summed E-state index contributed by atoms with van der Waals surface area (Å²) in [5.41, 5.74) is 4.55. The highest BCUT2D eigenvalue weighted by Gasteiger charge is 2.17. The number of aromatic hydroxyl groups is 1. The van der Waals surface area contributed by atoms with Crippen LogP contribution in [0.25, 0.3) is 5.65 Å². The Morgan fingerprint density at radius 1 is 1.09 bits per heavy atom. The van der Waals surface area contributed by atoms with Crippen LogP contribution in [-0.4, -0.2) is 33.7 Å². The maximum Gasteiger partial charge on any atom is 0.275 e. The molecule has 0 bridgehead atoms. The van der Waals surface area contributed by atoms with E-state index < -0.39 is 5.91 Å². The molecule has 0 saturated carbocycles. The van der Waals surface area contributed by atoms with Gasteiger partial charge in [0.1, 0.15) is 22.8 Å². The van der Waals surface area contributed by atoms with E-state index >= 15 is 0 Å². The van der Waals surface area contributed by atoms with Crippen LogP contribution in [0.3, 0.4) is 0 Å². The highest BCUT2D eigenvalue weighted by Crippen LogP contribution is 2.23.